The summed E-state index contributed by atoms with van der Waals surface area (Å²) < 4.78 is 26.9. The topological polar surface area (TPSA) is 57.7 Å². The van der Waals surface area contributed by atoms with Crippen LogP contribution in [0.4, 0.5) is 0 Å². The fourth-order valence-corrected chi connectivity index (χ4v) is 6.71. The predicted octanol–water partition coefficient (Wildman–Crippen LogP) is 3.30. The highest BCUT2D eigenvalue weighted by atomic mass is 32.2. The molecule has 4 rings (SSSR count). The molecule has 1 amide bonds. The lowest BCUT2D eigenvalue weighted by atomic mass is 10.1. The summed E-state index contributed by atoms with van der Waals surface area (Å²) in [6, 6.07) is 11.3. The van der Waals surface area contributed by atoms with E-state index in [9.17, 15) is 13.2 Å². The zero-order chi connectivity index (χ0) is 19.6. The molecule has 2 aromatic rings. The Balaban J connectivity index is 1.38. The Morgan fingerprint density at radius 3 is 2.43 bits per heavy atom. The van der Waals surface area contributed by atoms with Crippen molar-refractivity contribution in [2.75, 3.05) is 26.2 Å². The quantitative estimate of drug-likeness (QED) is 0.716. The Morgan fingerprint density at radius 2 is 1.68 bits per heavy atom. The van der Waals surface area contributed by atoms with Crippen LogP contribution in [0.1, 0.15) is 44.9 Å². The van der Waals surface area contributed by atoms with E-state index in [2.05, 4.69) is 6.07 Å². The first-order chi connectivity index (χ1) is 13.5. The van der Waals surface area contributed by atoms with Crippen molar-refractivity contribution in [1.82, 2.24) is 9.21 Å². The van der Waals surface area contributed by atoms with E-state index >= 15 is 0 Å². The van der Waals surface area contributed by atoms with Crippen molar-refractivity contribution < 1.29 is 13.2 Å². The summed E-state index contributed by atoms with van der Waals surface area (Å²) in [4.78, 5) is 16.9. The maximum Gasteiger partial charge on any atom is 0.264 e. The first-order valence-corrected chi connectivity index (χ1v) is 12.4. The van der Waals surface area contributed by atoms with Gasteiger partial charge >= 0.3 is 0 Å². The number of carbonyl (C=O) groups excluding carboxylic acids is 1. The molecule has 0 radical (unpaired) electrons. The molecule has 1 aromatic carbocycles. The lowest BCUT2D eigenvalue weighted by Gasteiger charge is -2.33. The maximum absolute atomic E-state index is 12.9. The minimum absolute atomic E-state index is 0.0133. The molecule has 0 N–H and O–H groups in total. The SMILES string of the molecule is O=C(c1cc2c(s1)CCCCC2)N1CCN(S(=O)(=O)Cc2ccccc2)CC1. The molecule has 0 bridgehead atoms. The van der Waals surface area contributed by atoms with Gasteiger partial charge in [0.1, 0.15) is 0 Å². The fourth-order valence-electron chi connectivity index (χ4n) is 3.97. The van der Waals surface area contributed by atoms with Gasteiger partial charge in [-0.25, -0.2) is 8.42 Å². The summed E-state index contributed by atoms with van der Waals surface area (Å²) in [7, 11) is -3.36. The largest absolute Gasteiger partial charge is 0.335 e. The molecule has 0 atom stereocenters. The molecule has 1 aliphatic heterocycles. The first-order valence-electron chi connectivity index (χ1n) is 9.95. The third-order valence-corrected chi connectivity index (χ3v) is 8.64. The molecular formula is C21H26N2O3S2. The number of thiophene rings is 1. The lowest BCUT2D eigenvalue weighted by Crippen LogP contribution is -2.50. The minimum Gasteiger partial charge on any atom is -0.335 e. The van der Waals surface area contributed by atoms with Crippen LogP contribution in [0.15, 0.2) is 36.4 Å². The minimum atomic E-state index is -3.36. The summed E-state index contributed by atoms with van der Waals surface area (Å²) in [5.74, 6) is 0.0672. The third-order valence-electron chi connectivity index (χ3n) is 5.57. The van der Waals surface area contributed by atoms with Gasteiger partial charge in [-0.15, -0.1) is 11.3 Å². The average Bonchev–Trinajstić information content (AvgIpc) is 2.98. The van der Waals surface area contributed by atoms with Crippen LogP contribution < -0.4 is 0 Å². The second kappa shape index (κ2) is 8.35. The average molecular weight is 419 g/mol. The summed E-state index contributed by atoms with van der Waals surface area (Å²) in [5.41, 5.74) is 2.14. The van der Waals surface area contributed by atoms with E-state index in [1.807, 2.05) is 30.3 Å². The Kier molecular flexibility index (Phi) is 5.85. The van der Waals surface area contributed by atoms with Crippen LogP contribution in [0.2, 0.25) is 0 Å². The maximum atomic E-state index is 12.9. The molecule has 1 saturated heterocycles. The summed E-state index contributed by atoms with van der Waals surface area (Å²) in [6.45, 7) is 1.64. The number of sulfonamides is 1. The molecule has 1 aromatic heterocycles. The van der Waals surface area contributed by atoms with Crippen molar-refractivity contribution >= 4 is 27.3 Å². The van der Waals surface area contributed by atoms with Gasteiger partial charge in [-0.2, -0.15) is 4.31 Å². The normalized spacial score (nSPS) is 18.5. The number of rotatable bonds is 4. The Bertz CT molecular complexity index is 906. The van der Waals surface area contributed by atoms with Crippen LogP contribution in [-0.4, -0.2) is 49.7 Å². The number of hydrogen-bond acceptors (Lipinski definition) is 4. The van der Waals surface area contributed by atoms with E-state index in [1.165, 1.54) is 34.0 Å². The van der Waals surface area contributed by atoms with Crippen LogP contribution in [0, 0.1) is 0 Å². The molecule has 1 fully saturated rings. The number of carbonyl (C=O) groups is 1. The van der Waals surface area contributed by atoms with E-state index in [0.29, 0.717) is 26.2 Å². The monoisotopic (exact) mass is 418 g/mol. The number of aryl methyl sites for hydroxylation is 2. The van der Waals surface area contributed by atoms with E-state index in [4.69, 9.17) is 0 Å². The number of fused-ring (bicyclic) bond motifs is 1. The van der Waals surface area contributed by atoms with Gasteiger partial charge in [0.05, 0.1) is 10.6 Å². The lowest BCUT2D eigenvalue weighted by molar-refractivity contribution is 0.0702. The number of nitrogens with zero attached hydrogens (tertiary/aromatic N) is 2. The standard InChI is InChI=1S/C21H26N2O3S2/c24-21(20-15-18-9-5-2-6-10-19(18)27-20)22-11-13-23(14-12-22)28(25,26)16-17-7-3-1-4-8-17/h1,3-4,7-8,15H,2,5-6,9-14,16H2. The van der Waals surface area contributed by atoms with Gasteiger partial charge in [-0.1, -0.05) is 36.8 Å². The fraction of sp³-hybridized carbons (Fsp3) is 0.476. The number of amides is 1. The van der Waals surface area contributed by atoms with Crippen LogP contribution >= 0.6 is 11.3 Å². The molecule has 7 heteroatoms. The van der Waals surface area contributed by atoms with Crippen molar-refractivity contribution in [2.24, 2.45) is 0 Å². The number of piperazine rings is 1. The van der Waals surface area contributed by atoms with Gasteiger partial charge in [0.15, 0.2) is 0 Å². The molecule has 0 saturated carbocycles. The van der Waals surface area contributed by atoms with E-state index < -0.39 is 10.0 Å². The van der Waals surface area contributed by atoms with Crippen molar-refractivity contribution in [1.29, 1.82) is 0 Å². The van der Waals surface area contributed by atoms with Crippen LogP contribution in [-0.2, 0) is 28.6 Å². The number of benzene rings is 1. The number of hydrogen-bond donors (Lipinski definition) is 0. The van der Waals surface area contributed by atoms with Gasteiger partial charge in [-0.3, -0.25) is 4.79 Å². The van der Waals surface area contributed by atoms with Crippen LogP contribution in [0.25, 0.3) is 0 Å². The van der Waals surface area contributed by atoms with Gasteiger partial charge in [0, 0.05) is 31.1 Å². The zero-order valence-corrected chi connectivity index (χ0v) is 17.6. The highest BCUT2D eigenvalue weighted by Gasteiger charge is 2.30. The zero-order valence-electron chi connectivity index (χ0n) is 16.0. The highest BCUT2D eigenvalue weighted by Crippen LogP contribution is 2.30. The van der Waals surface area contributed by atoms with Crippen LogP contribution in [0.3, 0.4) is 0 Å². The smallest absolute Gasteiger partial charge is 0.264 e. The van der Waals surface area contributed by atoms with Gasteiger partial charge < -0.3 is 4.90 Å². The van der Waals surface area contributed by atoms with Crippen LogP contribution in [0.5, 0.6) is 0 Å². The highest BCUT2D eigenvalue weighted by molar-refractivity contribution is 7.88. The molecule has 2 aliphatic rings. The van der Waals surface area contributed by atoms with Gasteiger partial charge in [-0.05, 0) is 42.9 Å². The molecule has 1 aliphatic carbocycles. The van der Waals surface area contributed by atoms with Crippen molar-refractivity contribution in [2.45, 2.75) is 37.9 Å². The van der Waals surface area contributed by atoms with E-state index in [0.717, 1.165) is 23.3 Å². The molecule has 2 heterocycles. The van der Waals surface area contributed by atoms with Gasteiger partial charge in [0.2, 0.25) is 10.0 Å². The Labute approximate surface area is 171 Å². The molecule has 5 nitrogen and oxygen atoms in total. The molecule has 28 heavy (non-hydrogen) atoms. The van der Waals surface area contributed by atoms with Crippen molar-refractivity contribution in [3.8, 4) is 0 Å². The van der Waals surface area contributed by atoms with Crippen molar-refractivity contribution in [3.05, 3.63) is 57.3 Å². The predicted molar refractivity (Wildman–Crippen MR) is 112 cm³/mol. The van der Waals surface area contributed by atoms with E-state index in [1.54, 1.807) is 16.2 Å². The molecule has 0 unspecified atom stereocenters. The Morgan fingerprint density at radius 1 is 0.964 bits per heavy atom. The first kappa shape index (κ1) is 19.6. The summed E-state index contributed by atoms with van der Waals surface area (Å²) in [6.07, 6.45) is 5.84. The molecular weight excluding hydrogens is 392 g/mol. The van der Waals surface area contributed by atoms with Gasteiger partial charge in [0.25, 0.3) is 5.91 Å². The second-order valence-corrected chi connectivity index (χ2v) is 10.7. The second-order valence-electron chi connectivity index (χ2n) is 7.55. The summed E-state index contributed by atoms with van der Waals surface area (Å²) >= 11 is 1.64. The van der Waals surface area contributed by atoms with Crippen molar-refractivity contribution in [3.63, 3.8) is 0 Å². The molecule has 0 spiro atoms. The Hall–Kier alpha value is -1.70. The van der Waals surface area contributed by atoms with E-state index in [-0.39, 0.29) is 11.7 Å². The summed E-state index contributed by atoms with van der Waals surface area (Å²) in [5, 5.41) is 0. The molecule has 150 valence electrons. The third kappa shape index (κ3) is 4.31.